The summed E-state index contributed by atoms with van der Waals surface area (Å²) in [5.74, 6) is 0. The highest BCUT2D eigenvalue weighted by molar-refractivity contribution is 5.94. The van der Waals surface area contributed by atoms with Crippen molar-refractivity contribution >= 4 is 5.71 Å². The molecule has 0 atom stereocenters. The first-order valence-electron chi connectivity index (χ1n) is 4.04. The van der Waals surface area contributed by atoms with E-state index < -0.39 is 0 Å². The molecule has 0 unspecified atom stereocenters. The van der Waals surface area contributed by atoms with E-state index in [4.69, 9.17) is 0 Å². The van der Waals surface area contributed by atoms with Crippen molar-refractivity contribution < 1.29 is 0 Å². The molecule has 1 heterocycles. The predicted molar refractivity (Wildman–Crippen MR) is 42.5 cm³/mol. The highest BCUT2D eigenvalue weighted by Crippen LogP contribution is 2.43. The molecule has 0 aromatic rings. The van der Waals surface area contributed by atoms with Crippen molar-refractivity contribution in [2.75, 3.05) is 20.1 Å². The van der Waals surface area contributed by atoms with Crippen molar-refractivity contribution in [1.82, 2.24) is 5.32 Å². The van der Waals surface area contributed by atoms with Crippen molar-refractivity contribution in [3.63, 3.8) is 0 Å². The maximum Gasteiger partial charge on any atom is 0.0341 e. The molecular weight excluding hydrogens is 124 g/mol. The molecule has 0 amide bonds. The van der Waals surface area contributed by atoms with Crippen molar-refractivity contribution in [3.05, 3.63) is 0 Å². The van der Waals surface area contributed by atoms with Crippen LogP contribution < -0.4 is 5.32 Å². The fraction of sp³-hybridized carbons (Fsp3) is 0.875. The zero-order valence-electron chi connectivity index (χ0n) is 6.48. The van der Waals surface area contributed by atoms with Gasteiger partial charge in [-0.15, -0.1) is 0 Å². The molecule has 1 saturated carbocycles. The molecule has 0 aromatic carbocycles. The Balaban J connectivity index is 2.20. The second kappa shape index (κ2) is 2.06. The van der Waals surface area contributed by atoms with Gasteiger partial charge in [0.2, 0.25) is 0 Å². The zero-order chi connectivity index (χ0) is 7.03. The number of aliphatic imine (C=N–C) groups is 1. The first-order chi connectivity index (χ1) is 4.87. The Kier molecular flexibility index (Phi) is 1.31. The van der Waals surface area contributed by atoms with E-state index in [9.17, 15) is 0 Å². The second-order valence-corrected chi connectivity index (χ2v) is 3.41. The molecule has 1 spiro atoms. The lowest BCUT2D eigenvalue weighted by Crippen LogP contribution is -2.37. The Bertz CT molecular complexity index is 168. The van der Waals surface area contributed by atoms with E-state index in [1.807, 2.05) is 7.05 Å². The van der Waals surface area contributed by atoms with Crippen LogP contribution in [-0.4, -0.2) is 25.8 Å². The molecule has 1 saturated heterocycles. The first-order valence-corrected chi connectivity index (χ1v) is 4.04. The zero-order valence-corrected chi connectivity index (χ0v) is 6.48. The molecule has 1 aliphatic carbocycles. The lowest BCUT2D eigenvalue weighted by Gasteiger charge is -2.37. The molecule has 1 N–H and O–H groups in total. The van der Waals surface area contributed by atoms with Crippen LogP contribution in [-0.2, 0) is 0 Å². The summed E-state index contributed by atoms with van der Waals surface area (Å²) >= 11 is 0. The lowest BCUT2D eigenvalue weighted by molar-refractivity contribution is 0.248. The van der Waals surface area contributed by atoms with Gasteiger partial charge in [-0.3, -0.25) is 4.99 Å². The summed E-state index contributed by atoms with van der Waals surface area (Å²) in [6.07, 6.45) is 4.14. The summed E-state index contributed by atoms with van der Waals surface area (Å²) in [6, 6.07) is 0. The molecule has 2 aliphatic rings. The Hall–Kier alpha value is -0.370. The van der Waals surface area contributed by atoms with Gasteiger partial charge in [0.25, 0.3) is 0 Å². The third kappa shape index (κ3) is 0.655. The van der Waals surface area contributed by atoms with E-state index in [1.165, 1.54) is 31.5 Å². The van der Waals surface area contributed by atoms with E-state index >= 15 is 0 Å². The third-order valence-corrected chi connectivity index (χ3v) is 2.95. The van der Waals surface area contributed by atoms with E-state index in [0.29, 0.717) is 5.41 Å². The molecule has 0 bridgehead atoms. The van der Waals surface area contributed by atoms with Crippen LogP contribution >= 0.6 is 0 Å². The van der Waals surface area contributed by atoms with Crippen molar-refractivity contribution in [2.45, 2.75) is 19.3 Å². The maximum atomic E-state index is 4.32. The monoisotopic (exact) mass is 138 g/mol. The summed E-state index contributed by atoms with van der Waals surface area (Å²) in [7, 11) is 1.92. The average molecular weight is 138 g/mol. The fourth-order valence-corrected chi connectivity index (χ4v) is 2.09. The van der Waals surface area contributed by atoms with Crippen LogP contribution in [0.4, 0.5) is 0 Å². The third-order valence-electron chi connectivity index (χ3n) is 2.95. The van der Waals surface area contributed by atoms with Crippen LogP contribution in [0.1, 0.15) is 19.3 Å². The highest BCUT2D eigenvalue weighted by Gasteiger charge is 2.44. The SMILES string of the molecule is CN=C1CNCC12CCC2. The Labute approximate surface area is 61.7 Å². The normalized spacial score (nSPS) is 33.1. The van der Waals surface area contributed by atoms with Crippen LogP contribution in [0.2, 0.25) is 0 Å². The van der Waals surface area contributed by atoms with Gasteiger partial charge in [0.1, 0.15) is 0 Å². The number of rotatable bonds is 0. The Morgan fingerprint density at radius 2 is 2.30 bits per heavy atom. The van der Waals surface area contributed by atoms with E-state index in [0.717, 1.165) is 6.54 Å². The quantitative estimate of drug-likeness (QED) is 0.527. The summed E-state index contributed by atoms with van der Waals surface area (Å²) in [5, 5.41) is 3.39. The molecule has 56 valence electrons. The molecule has 2 nitrogen and oxygen atoms in total. The summed E-state index contributed by atoms with van der Waals surface area (Å²) in [4.78, 5) is 4.32. The number of hydrogen-bond acceptors (Lipinski definition) is 2. The van der Waals surface area contributed by atoms with Gasteiger partial charge in [-0.05, 0) is 12.8 Å². The average Bonchev–Trinajstić information content (AvgIpc) is 2.27. The van der Waals surface area contributed by atoms with E-state index in [-0.39, 0.29) is 0 Å². The topological polar surface area (TPSA) is 24.4 Å². The highest BCUT2D eigenvalue weighted by atomic mass is 15.0. The number of hydrogen-bond donors (Lipinski definition) is 1. The molecule has 2 fully saturated rings. The van der Waals surface area contributed by atoms with Gasteiger partial charge in [-0.2, -0.15) is 0 Å². The van der Waals surface area contributed by atoms with Gasteiger partial charge in [-0.25, -0.2) is 0 Å². The molecule has 10 heavy (non-hydrogen) atoms. The minimum atomic E-state index is 0.523. The summed E-state index contributed by atoms with van der Waals surface area (Å²) < 4.78 is 0. The summed E-state index contributed by atoms with van der Waals surface area (Å²) in [6.45, 7) is 2.22. The van der Waals surface area contributed by atoms with Crippen LogP contribution in [0.3, 0.4) is 0 Å². The lowest BCUT2D eigenvalue weighted by atomic mass is 9.67. The van der Waals surface area contributed by atoms with Crippen LogP contribution in [0, 0.1) is 5.41 Å². The van der Waals surface area contributed by atoms with Gasteiger partial charge >= 0.3 is 0 Å². The fourth-order valence-electron chi connectivity index (χ4n) is 2.09. The van der Waals surface area contributed by atoms with Crippen molar-refractivity contribution in [2.24, 2.45) is 10.4 Å². The largest absolute Gasteiger partial charge is 0.311 e. The van der Waals surface area contributed by atoms with E-state index in [2.05, 4.69) is 10.3 Å². The molecule has 1 aliphatic heterocycles. The Morgan fingerprint density at radius 1 is 1.50 bits per heavy atom. The van der Waals surface area contributed by atoms with Crippen LogP contribution in [0.25, 0.3) is 0 Å². The van der Waals surface area contributed by atoms with Gasteiger partial charge in [-0.1, -0.05) is 6.42 Å². The van der Waals surface area contributed by atoms with Gasteiger partial charge in [0, 0.05) is 31.3 Å². The predicted octanol–water partition coefficient (Wildman–Crippen LogP) is 0.831. The second-order valence-electron chi connectivity index (χ2n) is 3.41. The minimum Gasteiger partial charge on any atom is -0.311 e. The van der Waals surface area contributed by atoms with Gasteiger partial charge < -0.3 is 5.32 Å². The smallest absolute Gasteiger partial charge is 0.0341 e. The Morgan fingerprint density at radius 3 is 2.70 bits per heavy atom. The molecule has 0 radical (unpaired) electrons. The molecule has 0 aromatic heterocycles. The van der Waals surface area contributed by atoms with Gasteiger partial charge in [0.05, 0.1) is 0 Å². The molecule has 2 heteroatoms. The minimum absolute atomic E-state index is 0.523. The molecule has 2 rings (SSSR count). The number of nitrogens with one attached hydrogen (secondary N) is 1. The van der Waals surface area contributed by atoms with E-state index in [1.54, 1.807) is 0 Å². The van der Waals surface area contributed by atoms with Crippen LogP contribution in [0.15, 0.2) is 4.99 Å². The van der Waals surface area contributed by atoms with Gasteiger partial charge in [0.15, 0.2) is 0 Å². The maximum absolute atomic E-state index is 4.32. The summed E-state index contributed by atoms with van der Waals surface area (Å²) in [5.41, 5.74) is 1.94. The first kappa shape index (κ1) is 6.35. The standard InChI is InChI=1S/C8H14N2/c1-9-7-5-10-6-8(7)3-2-4-8/h10H,2-6H2,1H3. The van der Waals surface area contributed by atoms with Crippen molar-refractivity contribution in [1.29, 1.82) is 0 Å². The van der Waals surface area contributed by atoms with Crippen molar-refractivity contribution in [3.8, 4) is 0 Å². The van der Waals surface area contributed by atoms with Crippen LogP contribution in [0.5, 0.6) is 0 Å². The molecular formula is C8H14N2. The number of nitrogens with zero attached hydrogens (tertiary/aromatic N) is 1.